The molecule has 0 aromatic heterocycles. The zero-order chi connectivity index (χ0) is 15.3. The van der Waals surface area contributed by atoms with Crippen molar-refractivity contribution in [2.45, 2.75) is 78.7 Å². The van der Waals surface area contributed by atoms with Gasteiger partial charge in [0.25, 0.3) is 0 Å². The Morgan fingerprint density at radius 3 is 2.81 bits per heavy atom. The average molecular weight is 288 g/mol. The number of allylic oxidation sites excluding steroid dienone is 3. The number of fused-ring (bicyclic) bond motifs is 4. The Morgan fingerprint density at radius 2 is 2.10 bits per heavy atom. The second kappa shape index (κ2) is 5.26. The lowest BCUT2D eigenvalue weighted by Gasteiger charge is -2.42. The summed E-state index contributed by atoms with van der Waals surface area (Å²) in [6.07, 6.45) is 13.1. The van der Waals surface area contributed by atoms with Crippen LogP contribution in [0.4, 0.5) is 0 Å². The van der Waals surface area contributed by atoms with Crippen molar-refractivity contribution in [1.82, 2.24) is 0 Å². The van der Waals surface area contributed by atoms with E-state index in [4.69, 9.17) is 0 Å². The molecule has 1 N–H and O–H groups in total. The molecule has 2 bridgehead atoms. The van der Waals surface area contributed by atoms with Gasteiger partial charge >= 0.3 is 0 Å². The Kier molecular flexibility index (Phi) is 3.84. The molecular weight excluding hydrogens is 256 g/mol. The summed E-state index contributed by atoms with van der Waals surface area (Å²) in [7, 11) is 0. The van der Waals surface area contributed by atoms with Gasteiger partial charge in [-0.2, -0.15) is 0 Å². The molecule has 118 valence electrons. The first kappa shape index (κ1) is 15.3. The van der Waals surface area contributed by atoms with Crippen molar-refractivity contribution in [2.24, 2.45) is 22.7 Å². The average Bonchev–Trinajstić information content (AvgIpc) is 3.20. The molecule has 1 nitrogen and oxygen atoms in total. The zero-order valence-electron chi connectivity index (χ0n) is 14.3. The van der Waals surface area contributed by atoms with E-state index in [0.717, 1.165) is 24.7 Å². The molecule has 0 heterocycles. The van der Waals surface area contributed by atoms with Crippen LogP contribution >= 0.6 is 0 Å². The van der Waals surface area contributed by atoms with Crippen molar-refractivity contribution in [2.75, 3.05) is 0 Å². The predicted octanol–water partition coefficient (Wildman–Crippen LogP) is 5.26. The van der Waals surface area contributed by atoms with Crippen LogP contribution in [0.1, 0.15) is 72.6 Å². The topological polar surface area (TPSA) is 20.2 Å². The summed E-state index contributed by atoms with van der Waals surface area (Å²) in [5.41, 5.74) is 3.70. The van der Waals surface area contributed by atoms with Crippen LogP contribution in [-0.2, 0) is 0 Å². The smallest absolute Gasteiger partial charge is 0.0750 e. The molecule has 21 heavy (non-hydrogen) atoms. The SMILES string of the molecule is CC(C)=CCC[C@@]1(C)C/C=C2\C[C@](C)(CC[C@@H]2O)[C@H]2C[C@@H]21. The van der Waals surface area contributed by atoms with Gasteiger partial charge in [-0.25, -0.2) is 0 Å². The van der Waals surface area contributed by atoms with E-state index in [1.807, 2.05) is 0 Å². The minimum Gasteiger partial charge on any atom is -0.389 e. The first-order chi connectivity index (χ1) is 9.84. The minimum absolute atomic E-state index is 0.157. The molecule has 2 fully saturated rings. The van der Waals surface area contributed by atoms with Crippen molar-refractivity contribution in [1.29, 1.82) is 0 Å². The molecule has 0 aromatic carbocycles. The van der Waals surface area contributed by atoms with Crippen LogP contribution in [0.2, 0.25) is 0 Å². The van der Waals surface area contributed by atoms with Crippen molar-refractivity contribution < 1.29 is 5.11 Å². The van der Waals surface area contributed by atoms with E-state index in [1.54, 1.807) is 0 Å². The molecule has 0 amide bonds. The molecule has 0 unspecified atom stereocenters. The van der Waals surface area contributed by atoms with Gasteiger partial charge in [-0.3, -0.25) is 0 Å². The largest absolute Gasteiger partial charge is 0.389 e. The highest BCUT2D eigenvalue weighted by Crippen LogP contribution is 2.66. The molecule has 0 spiro atoms. The lowest BCUT2D eigenvalue weighted by Crippen LogP contribution is -2.35. The molecule has 5 atom stereocenters. The number of aliphatic hydroxyl groups excluding tert-OH is 1. The fraction of sp³-hybridized carbons (Fsp3) is 0.800. The molecule has 0 aromatic rings. The van der Waals surface area contributed by atoms with E-state index in [0.29, 0.717) is 10.8 Å². The fourth-order valence-corrected chi connectivity index (χ4v) is 5.08. The monoisotopic (exact) mass is 288 g/mol. The van der Waals surface area contributed by atoms with Gasteiger partial charge in [-0.05, 0) is 87.0 Å². The van der Waals surface area contributed by atoms with Crippen LogP contribution < -0.4 is 0 Å². The van der Waals surface area contributed by atoms with Crippen LogP contribution in [0.15, 0.2) is 23.3 Å². The quantitative estimate of drug-likeness (QED) is 0.703. The Morgan fingerprint density at radius 1 is 1.33 bits per heavy atom. The first-order valence-corrected chi connectivity index (χ1v) is 8.84. The molecule has 3 rings (SSSR count). The van der Waals surface area contributed by atoms with Gasteiger partial charge < -0.3 is 5.11 Å². The lowest BCUT2D eigenvalue weighted by atomic mass is 9.63. The van der Waals surface area contributed by atoms with Crippen LogP contribution in [0, 0.1) is 22.7 Å². The van der Waals surface area contributed by atoms with Crippen LogP contribution in [0.25, 0.3) is 0 Å². The van der Waals surface area contributed by atoms with Gasteiger partial charge in [0, 0.05) is 0 Å². The zero-order valence-corrected chi connectivity index (χ0v) is 14.3. The summed E-state index contributed by atoms with van der Waals surface area (Å²) in [6.45, 7) is 9.39. The minimum atomic E-state index is -0.157. The van der Waals surface area contributed by atoms with Crippen molar-refractivity contribution in [3.8, 4) is 0 Å². The van der Waals surface area contributed by atoms with Crippen LogP contribution in [-0.4, -0.2) is 11.2 Å². The Labute approximate surface area is 130 Å². The summed E-state index contributed by atoms with van der Waals surface area (Å²) >= 11 is 0. The Bertz CT molecular complexity index is 470. The van der Waals surface area contributed by atoms with E-state index in [-0.39, 0.29) is 6.10 Å². The van der Waals surface area contributed by atoms with E-state index in [2.05, 4.69) is 39.8 Å². The molecule has 3 aliphatic rings. The third kappa shape index (κ3) is 2.86. The second-order valence-corrected chi connectivity index (χ2v) is 8.79. The van der Waals surface area contributed by atoms with Crippen molar-refractivity contribution in [3.63, 3.8) is 0 Å². The number of hydrogen-bond acceptors (Lipinski definition) is 1. The van der Waals surface area contributed by atoms with Gasteiger partial charge in [0.2, 0.25) is 0 Å². The highest BCUT2D eigenvalue weighted by molar-refractivity contribution is 5.22. The molecule has 0 radical (unpaired) electrons. The molecule has 1 heteroatoms. The fourth-order valence-electron chi connectivity index (χ4n) is 5.08. The summed E-state index contributed by atoms with van der Waals surface area (Å²) in [5.74, 6) is 1.83. The number of aliphatic hydroxyl groups is 1. The molecule has 3 aliphatic carbocycles. The van der Waals surface area contributed by atoms with Crippen LogP contribution in [0.3, 0.4) is 0 Å². The first-order valence-electron chi connectivity index (χ1n) is 8.84. The Hall–Kier alpha value is -0.560. The maximum atomic E-state index is 10.3. The number of hydrogen-bond donors (Lipinski definition) is 1. The normalized spacial score (nSPS) is 47.5. The summed E-state index contributed by atoms with van der Waals surface area (Å²) < 4.78 is 0. The van der Waals surface area contributed by atoms with Crippen molar-refractivity contribution in [3.05, 3.63) is 23.3 Å². The second-order valence-electron chi connectivity index (χ2n) is 8.79. The standard InChI is InChI=1S/C20H32O/c1-14(2)6-5-9-19(3)10-7-15-13-20(4,11-8-18(15)21)17-12-16(17)19/h6-7,16-18,21H,5,8-13H2,1-4H3/b15-7+/t16-,17-,18-,19-,20-/m0/s1. The highest BCUT2D eigenvalue weighted by atomic mass is 16.3. The number of rotatable bonds is 3. The Balaban J connectivity index is 1.81. The van der Waals surface area contributed by atoms with Gasteiger partial charge in [0.15, 0.2) is 0 Å². The third-order valence-electron chi connectivity index (χ3n) is 6.70. The molecule has 0 saturated heterocycles. The van der Waals surface area contributed by atoms with E-state index in [1.165, 1.54) is 43.3 Å². The van der Waals surface area contributed by atoms with E-state index >= 15 is 0 Å². The highest BCUT2D eigenvalue weighted by Gasteiger charge is 2.58. The summed E-state index contributed by atoms with van der Waals surface area (Å²) in [5, 5.41) is 10.3. The van der Waals surface area contributed by atoms with Gasteiger partial charge in [-0.15, -0.1) is 0 Å². The third-order valence-corrected chi connectivity index (χ3v) is 6.70. The maximum Gasteiger partial charge on any atom is 0.0750 e. The van der Waals surface area contributed by atoms with Gasteiger partial charge in [-0.1, -0.05) is 31.6 Å². The summed E-state index contributed by atoms with van der Waals surface area (Å²) in [4.78, 5) is 0. The molecule has 0 aliphatic heterocycles. The van der Waals surface area contributed by atoms with Gasteiger partial charge in [0.05, 0.1) is 6.10 Å². The van der Waals surface area contributed by atoms with Gasteiger partial charge in [0.1, 0.15) is 0 Å². The predicted molar refractivity (Wildman–Crippen MR) is 89.0 cm³/mol. The maximum absolute atomic E-state index is 10.3. The van der Waals surface area contributed by atoms with E-state index < -0.39 is 0 Å². The summed E-state index contributed by atoms with van der Waals surface area (Å²) in [6, 6.07) is 0. The van der Waals surface area contributed by atoms with Crippen molar-refractivity contribution >= 4 is 0 Å². The van der Waals surface area contributed by atoms with Crippen LogP contribution in [0.5, 0.6) is 0 Å². The molecule has 2 saturated carbocycles. The lowest BCUT2D eigenvalue weighted by molar-refractivity contribution is 0.0847. The molecular formula is C20H32O. The van der Waals surface area contributed by atoms with E-state index in [9.17, 15) is 5.11 Å².